The number of aromatic nitrogens is 3. The number of rotatable bonds is 5. The first-order valence-electron chi connectivity index (χ1n) is 10.8. The summed E-state index contributed by atoms with van der Waals surface area (Å²) in [6.45, 7) is 9.29. The number of likely N-dealkylation sites (N-methyl/N-ethyl adjacent to an activating group) is 1. The number of nitrogens with zero attached hydrogens (tertiary/aromatic N) is 4. The van der Waals surface area contributed by atoms with Crippen LogP contribution >= 0.6 is 0 Å². The number of amides is 2. The molecule has 1 aliphatic heterocycles. The fourth-order valence-corrected chi connectivity index (χ4v) is 4.10. The Balaban J connectivity index is 1.96. The van der Waals surface area contributed by atoms with Crippen molar-refractivity contribution in [2.75, 3.05) is 13.6 Å². The van der Waals surface area contributed by atoms with Crippen LogP contribution in [0.4, 0.5) is 0 Å². The molecule has 0 radical (unpaired) electrons. The second-order valence-electron chi connectivity index (χ2n) is 10.0. The molecule has 2 aromatic rings. The van der Waals surface area contributed by atoms with E-state index in [0.29, 0.717) is 5.69 Å². The smallest absolute Gasteiger partial charge is 0.248 e. The molecule has 3 N–H and O–H groups in total. The molecule has 1 saturated heterocycles. The standard InChI is InChI=1S/C23H33N5O4/c1-22(2,3)19(21(31)27-12-16(29)11-18(27)20(30)24-6)28-13-17(25-26-28)14-8-7-9-15(10-14)23(4,5)32/h7-10,13,16,18-19,29,32H,11-12H2,1-6H3,(H,24,30)/t16?,18-,19?/m1/s1. The van der Waals surface area contributed by atoms with Crippen molar-refractivity contribution in [3.8, 4) is 11.3 Å². The number of β-amino-alcohol motifs (C(OH)–C–C–N with tert-alkyl or cyclic N) is 1. The van der Waals surface area contributed by atoms with E-state index in [1.165, 1.54) is 16.6 Å². The summed E-state index contributed by atoms with van der Waals surface area (Å²) in [4.78, 5) is 27.4. The molecule has 9 nitrogen and oxygen atoms in total. The number of nitrogens with one attached hydrogen (secondary N) is 1. The van der Waals surface area contributed by atoms with E-state index in [-0.39, 0.29) is 24.8 Å². The second-order valence-corrected chi connectivity index (χ2v) is 10.0. The van der Waals surface area contributed by atoms with Crippen LogP contribution in [0.2, 0.25) is 0 Å². The molecule has 0 bridgehead atoms. The maximum Gasteiger partial charge on any atom is 0.248 e. The highest BCUT2D eigenvalue weighted by molar-refractivity contribution is 5.90. The van der Waals surface area contributed by atoms with Gasteiger partial charge in [-0.1, -0.05) is 44.2 Å². The van der Waals surface area contributed by atoms with Gasteiger partial charge in [0, 0.05) is 25.6 Å². The number of likely N-dealkylation sites (tertiary alicyclic amines) is 1. The third-order valence-corrected chi connectivity index (χ3v) is 5.80. The van der Waals surface area contributed by atoms with Gasteiger partial charge in [0.15, 0.2) is 0 Å². The normalized spacial score (nSPS) is 20.3. The quantitative estimate of drug-likeness (QED) is 0.644. The van der Waals surface area contributed by atoms with Gasteiger partial charge in [0.2, 0.25) is 11.8 Å². The first-order valence-corrected chi connectivity index (χ1v) is 10.8. The maximum atomic E-state index is 13.6. The van der Waals surface area contributed by atoms with Gasteiger partial charge in [0.1, 0.15) is 17.8 Å². The lowest BCUT2D eigenvalue weighted by Crippen LogP contribution is -2.49. The van der Waals surface area contributed by atoms with Gasteiger partial charge in [0.05, 0.1) is 17.9 Å². The summed E-state index contributed by atoms with van der Waals surface area (Å²) in [5.74, 6) is -0.588. The van der Waals surface area contributed by atoms with Gasteiger partial charge >= 0.3 is 0 Å². The van der Waals surface area contributed by atoms with Crippen LogP contribution < -0.4 is 5.32 Å². The number of aliphatic hydroxyl groups is 2. The number of benzene rings is 1. The average molecular weight is 444 g/mol. The molecular formula is C23H33N5O4. The zero-order valence-electron chi connectivity index (χ0n) is 19.5. The Kier molecular flexibility index (Phi) is 6.44. The van der Waals surface area contributed by atoms with Gasteiger partial charge in [-0.15, -0.1) is 5.10 Å². The molecule has 1 aromatic carbocycles. The van der Waals surface area contributed by atoms with Crippen LogP contribution in [0.15, 0.2) is 30.5 Å². The molecule has 2 heterocycles. The van der Waals surface area contributed by atoms with Crippen molar-refractivity contribution in [1.82, 2.24) is 25.2 Å². The Labute approximate surface area is 188 Å². The second kappa shape index (κ2) is 8.63. The first-order chi connectivity index (χ1) is 14.8. The molecule has 174 valence electrons. The third-order valence-electron chi connectivity index (χ3n) is 5.80. The summed E-state index contributed by atoms with van der Waals surface area (Å²) in [6, 6.07) is 5.95. The van der Waals surface area contributed by atoms with E-state index in [4.69, 9.17) is 0 Å². The van der Waals surface area contributed by atoms with Crippen molar-refractivity contribution in [2.45, 2.75) is 64.8 Å². The SMILES string of the molecule is CNC(=O)[C@H]1CC(O)CN1C(=O)C(n1cc(-c2cccc(C(C)(C)O)c2)nn1)C(C)(C)C. The topological polar surface area (TPSA) is 121 Å². The maximum absolute atomic E-state index is 13.6. The summed E-state index contributed by atoms with van der Waals surface area (Å²) in [7, 11) is 1.52. The number of carbonyl (C=O) groups is 2. The van der Waals surface area contributed by atoms with E-state index in [0.717, 1.165) is 11.1 Å². The minimum Gasteiger partial charge on any atom is -0.391 e. The highest BCUT2D eigenvalue weighted by atomic mass is 16.3. The lowest BCUT2D eigenvalue weighted by atomic mass is 9.85. The Bertz CT molecular complexity index is 989. The minimum atomic E-state index is -0.999. The summed E-state index contributed by atoms with van der Waals surface area (Å²) >= 11 is 0. The van der Waals surface area contributed by atoms with Crippen LogP contribution in [0.3, 0.4) is 0 Å². The minimum absolute atomic E-state index is 0.0959. The van der Waals surface area contributed by atoms with E-state index >= 15 is 0 Å². The number of hydrogen-bond acceptors (Lipinski definition) is 6. The molecule has 1 fully saturated rings. The summed E-state index contributed by atoms with van der Waals surface area (Å²) in [5, 5.41) is 31.5. The Morgan fingerprint density at radius 3 is 2.50 bits per heavy atom. The van der Waals surface area contributed by atoms with Crippen LogP contribution in [0.25, 0.3) is 11.3 Å². The average Bonchev–Trinajstić information content (AvgIpc) is 3.33. The lowest BCUT2D eigenvalue weighted by Gasteiger charge is -2.34. The highest BCUT2D eigenvalue weighted by Crippen LogP contribution is 2.35. The molecule has 1 aromatic heterocycles. The van der Waals surface area contributed by atoms with Crippen LogP contribution in [0.1, 0.15) is 52.6 Å². The van der Waals surface area contributed by atoms with E-state index in [2.05, 4.69) is 15.6 Å². The van der Waals surface area contributed by atoms with Gasteiger partial charge in [0.25, 0.3) is 0 Å². The Morgan fingerprint density at radius 1 is 1.22 bits per heavy atom. The van der Waals surface area contributed by atoms with Crippen molar-refractivity contribution in [3.63, 3.8) is 0 Å². The van der Waals surface area contributed by atoms with Gasteiger partial charge in [-0.05, 0) is 30.9 Å². The van der Waals surface area contributed by atoms with E-state index in [9.17, 15) is 19.8 Å². The van der Waals surface area contributed by atoms with Crippen LogP contribution in [-0.4, -0.2) is 67.7 Å². The predicted octanol–water partition coefficient (Wildman–Crippen LogP) is 1.47. The van der Waals surface area contributed by atoms with Gasteiger partial charge in [-0.2, -0.15) is 0 Å². The monoisotopic (exact) mass is 443 g/mol. The number of hydrogen-bond donors (Lipinski definition) is 3. The van der Waals surface area contributed by atoms with Crippen molar-refractivity contribution in [2.24, 2.45) is 5.41 Å². The summed E-state index contributed by atoms with van der Waals surface area (Å²) in [5.41, 5.74) is 0.560. The van der Waals surface area contributed by atoms with Gasteiger partial charge in [-0.3, -0.25) is 9.59 Å². The molecular weight excluding hydrogens is 410 g/mol. The predicted molar refractivity (Wildman–Crippen MR) is 119 cm³/mol. The third kappa shape index (κ3) is 4.83. The number of carbonyl (C=O) groups excluding carboxylic acids is 2. The molecule has 1 aliphatic rings. The van der Waals surface area contributed by atoms with Crippen LogP contribution in [0.5, 0.6) is 0 Å². The van der Waals surface area contributed by atoms with E-state index in [1.54, 1.807) is 20.0 Å². The molecule has 32 heavy (non-hydrogen) atoms. The highest BCUT2D eigenvalue weighted by Gasteiger charge is 2.45. The first kappa shape index (κ1) is 23.9. The summed E-state index contributed by atoms with van der Waals surface area (Å²) < 4.78 is 1.53. The van der Waals surface area contributed by atoms with Crippen molar-refractivity contribution in [3.05, 3.63) is 36.0 Å². The molecule has 2 amide bonds. The fraction of sp³-hybridized carbons (Fsp3) is 0.565. The fourth-order valence-electron chi connectivity index (χ4n) is 4.10. The molecule has 3 atom stereocenters. The molecule has 2 unspecified atom stereocenters. The number of aliphatic hydroxyl groups excluding tert-OH is 1. The summed E-state index contributed by atoms with van der Waals surface area (Å²) in [6.07, 6.45) is 1.16. The zero-order valence-corrected chi connectivity index (χ0v) is 19.5. The van der Waals surface area contributed by atoms with Gasteiger partial charge < -0.3 is 20.4 Å². The van der Waals surface area contributed by atoms with Crippen molar-refractivity contribution >= 4 is 11.8 Å². The van der Waals surface area contributed by atoms with Gasteiger partial charge in [-0.25, -0.2) is 4.68 Å². The van der Waals surface area contributed by atoms with Crippen molar-refractivity contribution < 1.29 is 19.8 Å². The molecule has 3 rings (SSSR count). The van der Waals surface area contributed by atoms with E-state index < -0.39 is 29.2 Å². The molecule has 0 aliphatic carbocycles. The molecule has 0 saturated carbocycles. The Hall–Kier alpha value is -2.78. The zero-order chi connectivity index (χ0) is 23.8. The molecule has 9 heteroatoms. The lowest BCUT2D eigenvalue weighted by molar-refractivity contribution is -0.144. The van der Waals surface area contributed by atoms with Crippen molar-refractivity contribution in [1.29, 1.82) is 0 Å². The van der Waals surface area contributed by atoms with E-state index in [1.807, 2.05) is 45.0 Å². The van der Waals surface area contributed by atoms with Crippen LogP contribution in [0, 0.1) is 5.41 Å². The molecule has 0 spiro atoms. The Morgan fingerprint density at radius 2 is 1.91 bits per heavy atom. The largest absolute Gasteiger partial charge is 0.391 e. The van der Waals surface area contributed by atoms with Crippen LogP contribution in [-0.2, 0) is 15.2 Å².